The van der Waals surface area contributed by atoms with E-state index in [0.29, 0.717) is 11.7 Å². The minimum Gasteiger partial charge on any atom is -0.444 e. The summed E-state index contributed by atoms with van der Waals surface area (Å²) < 4.78 is 5.55. The molecule has 1 amide bonds. The van der Waals surface area contributed by atoms with Gasteiger partial charge in [0.1, 0.15) is 5.60 Å². The monoisotopic (exact) mass is 354 g/mol. The molecule has 134 valence electrons. The maximum atomic E-state index is 12.5. The van der Waals surface area contributed by atoms with Crippen LogP contribution >= 0.6 is 11.6 Å². The normalized spacial score (nSPS) is 18.8. The molecule has 24 heavy (non-hydrogen) atoms. The summed E-state index contributed by atoms with van der Waals surface area (Å²) in [5, 5.41) is 0.428. The second kappa shape index (κ2) is 8.12. The predicted octanol–water partition coefficient (Wildman–Crippen LogP) is 3.35. The number of aromatic nitrogens is 2. The average Bonchev–Trinajstić information content (AvgIpc) is 2.48. The molecule has 6 nitrogen and oxygen atoms in total. The molecule has 1 atom stereocenters. The van der Waals surface area contributed by atoms with Gasteiger partial charge in [-0.25, -0.2) is 9.78 Å². The van der Waals surface area contributed by atoms with Crippen molar-refractivity contribution in [3.05, 3.63) is 23.2 Å². The number of amides is 1. The van der Waals surface area contributed by atoms with E-state index in [1.165, 1.54) is 0 Å². The van der Waals surface area contributed by atoms with Gasteiger partial charge in [-0.3, -0.25) is 9.88 Å². The lowest BCUT2D eigenvalue weighted by Crippen LogP contribution is -2.50. The van der Waals surface area contributed by atoms with Crippen LogP contribution in [0.4, 0.5) is 4.79 Å². The number of nitrogens with zero attached hydrogens (tertiary/aromatic N) is 4. The van der Waals surface area contributed by atoms with Gasteiger partial charge in [0.2, 0.25) is 0 Å². The highest BCUT2D eigenvalue weighted by molar-refractivity contribution is 6.29. The van der Waals surface area contributed by atoms with E-state index >= 15 is 0 Å². The molecule has 0 aromatic carbocycles. The van der Waals surface area contributed by atoms with Crippen LogP contribution in [-0.2, 0) is 11.3 Å². The van der Waals surface area contributed by atoms with Gasteiger partial charge >= 0.3 is 6.09 Å². The summed E-state index contributed by atoms with van der Waals surface area (Å²) in [4.78, 5) is 24.8. The SMILES string of the molecule is CN(Cc1nccnc1Cl)C[C@@H]1CCCCN1C(=O)OC(C)(C)C. The molecule has 1 aliphatic heterocycles. The first-order valence-corrected chi connectivity index (χ1v) is 8.77. The summed E-state index contributed by atoms with van der Waals surface area (Å²) in [6.07, 6.45) is 6.13. The second-order valence-corrected chi connectivity index (χ2v) is 7.67. The first-order valence-electron chi connectivity index (χ1n) is 8.40. The Labute approximate surface area is 149 Å². The Hall–Kier alpha value is -1.40. The van der Waals surface area contributed by atoms with Crippen molar-refractivity contribution in [2.45, 2.75) is 58.2 Å². The highest BCUT2D eigenvalue weighted by Gasteiger charge is 2.31. The number of likely N-dealkylation sites (N-methyl/N-ethyl adjacent to an activating group) is 1. The van der Waals surface area contributed by atoms with E-state index in [1.807, 2.05) is 32.7 Å². The number of ether oxygens (including phenoxy) is 1. The zero-order valence-electron chi connectivity index (χ0n) is 15.0. The molecule has 0 N–H and O–H groups in total. The molecule has 1 saturated heterocycles. The van der Waals surface area contributed by atoms with Crippen LogP contribution in [0, 0.1) is 0 Å². The fourth-order valence-corrected chi connectivity index (χ4v) is 3.05. The first-order chi connectivity index (χ1) is 11.3. The van der Waals surface area contributed by atoms with Crippen molar-refractivity contribution in [3.8, 4) is 0 Å². The standard InChI is InChI=1S/C17H27ClN4O2/c1-17(2,3)24-16(23)22-10-6-5-7-13(22)11-21(4)12-14-15(18)20-9-8-19-14/h8-9,13H,5-7,10-12H2,1-4H3/t13-/m0/s1. The summed E-state index contributed by atoms with van der Waals surface area (Å²) in [6.45, 7) is 7.79. The molecule has 7 heteroatoms. The maximum absolute atomic E-state index is 12.5. The number of likely N-dealkylation sites (tertiary alicyclic amines) is 1. The Kier molecular flexibility index (Phi) is 6.40. The van der Waals surface area contributed by atoms with Crippen LogP contribution in [-0.4, -0.2) is 57.6 Å². The number of carbonyl (C=O) groups excluding carboxylic acids is 1. The second-order valence-electron chi connectivity index (χ2n) is 7.31. The lowest BCUT2D eigenvalue weighted by Gasteiger charge is -2.38. The van der Waals surface area contributed by atoms with Gasteiger partial charge in [0, 0.05) is 38.1 Å². The molecular formula is C17H27ClN4O2. The average molecular weight is 355 g/mol. The van der Waals surface area contributed by atoms with Crippen LogP contribution in [0.3, 0.4) is 0 Å². The minimum absolute atomic E-state index is 0.147. The number of halogens is 1. The van der Waals surface area contributed by atoms with Gasteiger partial charge in [-0.2, -0.15) is 0 Å². The summed E-state index contributed by atoms with van der Waals surface area (Å²) in [7, 11) is 2.01. The van der Waals surface area contributed by atoms with Gasteiger partial charge < -0.3 is 9.64 Å². The highest BCUT2D eigenvalue weighted by atomic mass is 35.5. The minimum atomic E-state index is -0.474. The third-order valence-electron chi connectivity index (χ3n) is 3.92. The number of carbonyl (C=O) groups is 1. The zero-order valence-corrected chi connectivity index (χ0v) is 15.7. The Morgan fingerprint density at radius 3 is 2.75 bits per heavy atom. The van der Waals surface area contributed by atoms with Gasteiger partial charge in [-0.15, -0.1) is 0 Å². The molecular weight excluding hydrogens is 328 g/mol. The van der Waals surface area contributed by atoms with Gasteiger partial charge in [0.25, 0.3) is 0 Å². The Balaban J connectivity index is 1.97. The molecule has 0 spiro atoms. The van der Waals surface area contributed by atoms with Gasteiger partial charge in [-0.05, 0) is 47.1 Å². The van der Waals surface area contributed by atoms with Crippen molar-refractivity contribution < 1.29 is 9.53 Å². The molecule has 1 aromatic heterocycles. The molecule has 0 saturated carbocycles. The lowest BCUT2D eigenvalue weighted by molar-refractivity contribution is 0.00583. The fraction of sp³-hybridized carbons (Fsp3) is 0.706. The van der Waals surface area contributed by atoms with Crippen LogP contribution in [0.2, 0.25) is 5.15 Å². The van der Waals surface area contributed by atoms with Crippen LogP contribution in [0.25, 0.3) is 0 Å². The topological polar surface area (TPSA) is 58.6 Å². The van der Waals surface area contributed by atoms with E-state index in [4.69, 9.17) is 16.3 Å². The number of hydrogen-bond donors (Lipinski definition) is 0. The first kappa shape index (κ1) is 18.9. The zero-order chi connectivity index (χ0) is 17.7. The molecule has 0 radical (unpaired) electrons. The van der Waals surface area contributed by atoms with Gasteiger partial charge in [0.05, 0.1) is 5.69 Å². The van der Waals surface area contributed by atoms with Crippen molar-refractivity contribution in [2.24, 2.45) is 0 Å². The van der Waals surface area contributed by atoms with Crippen molar-refractivity contribution in [1.29, 1.82) is 0 Å². The van der Waals surface area contributed by atoms with Crippen molar-refractivity contribution >= 4 is 17.7 Å². The molecule has 0 bridgehead atoms. The van der Waals surface area contributed by atoms with Crippen LogP contribution in [0.1, 0.15) is 45.7 Å². The third-order valence-corrected chi connectivity index (χ3v) is 4.24. The van der Waals surface area contributed by atoms with E-state index < -0.39 is 5.60 Å². The number of piperidine rings is 1. The Morgan fingerprint density at radius 1 is 1.38 bits per heavy atom. The Morgan fingerprint density at radius 2 is 2.08 bits per heavy atom. The maximum Gasteiger partial charge on any atom is 0.410 e. The van der Waals surface area contributed by atoms with E-state index in [1.54, 1.807) is 12.4 Å². The van der Waals surface area contributed by atoms with Gasteiger partial charge in [-0.1, -0.05) is 11.6 Å². The Bertz CT molecular complexity index is 562. The largest absolute Gasteiger partial charge is 0.444 e. The highest BCUT2D eigenvalue weighted by Crippen LogP contribution is 2.21. The summed E-state index contributed by atoms with van der Waals surface area (Å²) >= 11 is 6.08. The smallest absolute Gasteiger partial charge is 0.410 e. The number of hydrogen-bond acceptors (Lipinski definition) is 5. The van der Waals surface area contributed by atoms with Crippen LogP contribution in [0.15, 0.2) is 12.4 Å². The molecule has 0 unspecified atom stereocenters. The molecule has 2 rings (SSSR count). The van der Waals surface area contributed by atoms with E-state index in [0.717, 1.165) is 38.0 Å². The van der Waals surface area contributed by atoms with Crippen molar-refractivity contribution in [1.82, 2.24) is 19.8 Å². The number of rotatable bonds is 4. The van der Waals surface area contributed by atoms with Gasteiger partial charge in [0.15, 0.2) is 5.15 Å². The van der Waals surface area contributed by atoms with Crippen LogP contribution < -0.4 is 0 Å². The molecule has 2 heterocycles. The van der Waals surface area contributed by atoms with E-state index in [-0.39, 0.29) is 12.1 Å². The molecule has 1 aromatic rings. The molecule has 0 aliphatic carbocycles. The summed E-state index contributed by atoms with van der Waals surface area (Å²) in [5.74, 6) is 0. The molecule has 1 aliphatic rings. The van der Waals surface area contributed by atoms with E-state index in [2.05, 4.69) is 14.9 Å². The molecule has 1 fully saturated rings. The van der Waals surface area contributed by atoms with Crippen molar-refractivity contribution in [2.75, 3.05) is 20.1 Å². The van der Waals surface area contributed by atoms with Crippen LogP contribution in [0.5, 0.6) is 0 Å². The lowest BCUT2D eigenvalue weighted by atomic mass is 10.0. The fourth-order valence-electron chi connectivity index (χ4n) is 2.89. The summed E-state index contributed by atoms with van der Waals surface area (Å²) in [5.41, 5.74) is 0.277. The quantitative estimate of drug-likeness (QED) is 0.829. The van der Waals surface area contributed by atoms with Crippen molar-refractivity contribution in [3.63, 3.8) is 0 Å². The van der Waals surface area contributed by atoms with E-state index in [9.17, 15) is 4.79 Å². The predicted molar refractivity (Wildman–Crippen MR) is 94.0 cm³/mol. The summed E-state index contributed by atoms with van der Waals surface area (Å²) in [6, 6.07) is 0.147. The third kappa shape index (κ3) is 5.60.